The molecule has 0 spiro atoms. The summed E-state index contributed by atoms with van der Waals surface area (Å²) < 4.78 is 10.1. The van der Waals surface area contributed by atoms with E-state index >= 15 is 0 Å². The molecule has 1 rings (SSSR count). The van der Waals surface area contributed by atoms with Crippen LogP contribution in [0.5, 0.6) is 5.75 Å². The normalized spacial score (nSPS) is 10.0. The zero-order valence-electron chi connectivity index (χ0n) is 12.3. The van der Waals surface area contributed by atoms with E-state index in [0.717, 1.165) is 0 Å². The number of nitrogens with one attached hydrogen (secondary N) is 1. The van der Waals surface area contributed by atoms with Crippen LogP contribution in [0.2, 0.25) is 0 Å². The average molecular weight is 296 g/mol. The van der Waals surface area contributed by atoms with Gasteiger partial charge in [-0.05, 0) is 20.3 Å². The summed E-state index contributed by atoms with van der Waals surface area (Å²) >= 11 is 0. The van der Waals surface area contributed by atoms with Gasteiger partial charge in [-0.25, -0.2) is 0 Å². The summed E-state index contributed by atoms with van der Waals surface area (Å²) in [6, 6.07) is 4.51. The monoisotopic (exact) mass is 296 g/mol. The summed E-state index contributed by atoms with van der Waals surface area (Å²) in [5.41, 5.74) is 0.561. The molecule has 21 heavy (non-hydrogen) atoms. The molecule has 0 saturated heterocycles. The topological polar surface area (TPSA) is 90.7 Å². The van der Waals surface area contributed by atoms with Crippen LogP contribution in [-0.4, -0.2) is 30.7 Å². The van der Waals surface area contributed by atoms with Gasteiger partial charge in [-0.15, -0.1) is 0 Å². The maximum Gasteiger partial charge on any atom is 0.305 e. The standard InChI is InChI=1S/C14H20N2O5/c1-3-20-13-9-11(8-12(10-13)16(18)19)15-7-5-6-14(17)21-4-2/h8-10,15H,3-7H2,1-2H3. The first kappa shape index (κ1) is 16.7. The second-order valence-corrected chi connectivity index (χ2v) is 4.24. The highest BCUT2D eigenvalue weighted by molar-refractivity contribution is 5.69. The van der Waals surface area contributed by atoms with Crippen LogP contribution in [0.25, 0.3) is 0 Å². The zero-order valence-corrected chi connectivity index (χ0v) is 12.3. The molecule has 0 heterocycles. The Bertz CT molecular complexity index is 490. The molecular weight excluding hydrogens is 276 g/mol. The highest BCUT2D eigenvalue weighted by Gasteiger charge is 2.10. The Morgan fingerprint density at radius 3 is 2.67 bits per heavy atom. The SMILES string of the molecule is CCOC(=O)CCCNc1cc(OCC)cc([N+](=O)[O-])c1. The maximum atomic E-state index is 11.2. The van der Waals surface area contributed by atoms with Gasteiger partial charge in [-0.3, -0.25) is 14.9 Å². The molecule has 0 amide bonds. The molecule has 7 heteroatoms. The van der Waals surface area contributed by atoms with E-state index in [4.69, 9.17) is 9.47 Å². The Morgan fingerprint density at radius 1 is 1.29 bits per heavy atom. The predicted octanol–water partition coefficient (Wildman–Crippen LogP) is 2.75. The second kappa shape index (κ2) is 8.78. The van der Waals surface area contributed by atoms with Crippen molar-refractivity contribution >= 4 is 17.3 Å². The third-order valence-electron chi connectivity index (χ3n) is 2.61. The quantitative estimate of drug-likeness (QED) is 0.326. The van der Waals surface area contributed by atoms with E-state index in [1.54, 1.807) is 13.0 Å². The molecule has 0 unspecified atom stereocenters. The van der Waals surface area contributed by atoms with E-state index < -0.39 is 4.92 Å². The summed E-state index contributed by atoms with van der Waals surface area (Å²) in [6.07, 6.45) is 0.902. The number of hydrogen-bond donors (Lipinski definition) is 1. The minimum absolute atomic E-state index is 0.0335. The van der Waals surface area contributed by atoms with Crippen LogP contribution < -0.4 is 10.1 Å². The van der Waals surface area contributed by atoms with Gasteiger partial charge >= 0.3 is 5.97 Å². The van der Waals surface area contributed by atoms with Gasteiger partial charge in [0.2, 0.25) is 0 Å². The Labute approximate surface area is 123 Å². The lowest BCUT2D eigenvalue weighted by Crippen LogP contribution is -2.08. The lowest BCUT2D eigenvalue weighted by Gasteiger charge is -2.09. The molecule has 0 aromatic heterocycles. The van der Waals surface area contributed by atoms with Gasteiger partial charge in [0, 0.05) is 30.8 Å². The molecular formula is C14H20N2O5. The van der Waals surface area contributed by atoms with E-state index in [-0.39, 0.29) is 11.7 Å². The Hall–Kier alpha value is -2.31. The molecule has 0 fully saturated rings. The van der Waals surface area contributed by atoms with E-state index in [1.165, 1.54) is 12.1 Å². The van der Waals surface area contributed by atoms with Crippen LogP contribution in [0.15, 0.2) is 18.2 Å². The van der Waals surface area contributed by atoms with E-state index in [1.807, 2.05) is 6.92 Å². The molecule has 0 aliphatic rings. The summed E-state index contributed by atoms with van der Waals surface area (Å²) in [7, 11) is 0. The average Bonchev–Trinajstić information content (AvgIpc) is 2.44. The lowest BCUT2D eigenvalue weighted by atomic mass is 10.2. The summed E-state index contributed by atoms with van der Waals surface area (Å²) in [6.45, 7) is 4.89. The van der Waals surface area contributed by atoms with Crippen LogP contribution >= 0.6 is 0 Å². The highest BCUT2D eigenvalue weighted by atomic mass is 16.6. The van der Waals surface area contributed by atoms with Gasteiger partial charge in [-0.2, -0.15) is 0 Å². The van der Waals surface area contributed by atoms with Gasteiger partial charge in [-0.1, -0.05) is 0 Å². The lowest BCUT2D eigenvalue weighted by molar-refractivity contribution is -0.384. The zero-order chi connectivity index (χ0) is 15.7. The van der Waals surface area contributed by atoms with Crippen LogP contribution in [-0.2, 0) is 9.53 Å². The first-order valence-corrected chi connectivity index (χ1v) is 6.88. The number of rotatable bonds is 9. The molecule has 0 bridgehead atoms. The predicted molar refractivity (Wildman–Crippen MR) is 78.6 cm³/mol. The fourth-order valence-electron chi connectivity index (χ4n) is 1.74. The highest BCUT2D eigenvalue weighted by Crippen LogP contribution is 2.26. The molecule has 1 N–H and O–H groups in total. The molecule has 0 saturated carbocycles. The molecule has 0 aliphatic heterocycles. The second-order valence-electron chi connectivity index (χ2n) is 4.24. The number of carbonyl (C=O) groups is 1. The van der Waals surface area contributed by atoms with E-state index in [0.29, 0.717) is 44.0 Å². The van der Waals surface area contributed by atoms with Crippen molar-refractivity contribution in [2.75, 3.05) is 25.1 Å². The third-order valence-corrected chi connectivity index (χ3v) is 2.61. The number of hydrogen-bond acceptors (Lipinski definition) is 6. The minimum Gasteiger partial charge on any atom is -0.494 e. The van der Waals surface area contributed by atoms with E-state index in [2.05, 4.69) is 5.32 Å². The minimum atomic E-state index is -0.466. The van der Waals surface area contributed by atoms with Gasteiger partial charge < -0.3 is 14.8 Å². The fraction of sp³-hybridized carbons (Fsp3) is 0.500. The van der Waals surface area contributed by atoms with Crippen molar-refractivity contribution in [3.63, 3.8) is 0 Å². The molecule has 0 atom stereocenters. The van der Waals surface area contributed by atoms with Crippen molar-refractivity contribution in [2.24, 2.45) is 0 Å². The van der Waals surface area contributed by atoms with Crippen LogP contribution in [0, 0.1) is 10.1 Å². The first-order valence-electron chi connectivity index (χ1n) is 6.88. The van der Waals surface area contributed by atoms with Crippen molar-refractivity contribution in [1.82, 2.24) is 0 Å². The number of nitro groups is 1. The number of nitrogens with zero attached hydrogens (tertiary/aromatic N) is 1. The number of esters is 1. The summed E-state index contributed by atoms with van der Waals surface area (Å²) in [5, 5.41) is 13.9. The first-order chi connectivity index (χ1) is 10.1. The van der Waals surface area contributed by atoms with Gasteiger partial charge in [0.1, 0.15) is 5.75 Å². The maximum absolute atomic E-state index is 11.2. The van der Waals surface area contributed by atoms with E-state index in [9.17, 15) is 14.9 Å². The van der Waals surface area contributed by atoms with Crippen molar-refractivity contribution in [1.29, 1.82) is 0 Å². The number of carbonyl (C=O) groups excluding carboxylic acids is 1. The molecule has 0 radical (unpaired) electrons. The number of ether oxygens (including phenoxy) is 2. The molecule has 0 aliphatic carbocycles. The summed E-state index contributed by atoms with van der Waals surface area (Å²) in [4.78, 5) is 21.6. The molecule has 116 valence electrons. The fourth-order valence-corrected chi connectivity index (χ4v) is 1.74. The molecule has 7 nitrogen and oxygen atoms in total. The Kier molecular flexibility index (Phi) is 7.00. The number of anilines is 1. The number of benzene rings is 1. The Morgan fingerprint density at radius 2 is 2.05 bits per heavy atom. The van der Waals surface area contributed by atoms with Crippen molar-refractivity contribution in [2.45, 2.75) is 26.7 Å². The van der Waals surface area contributed by atoms with Gasteiger partial charge in [0.25, 0.3) is 5.69 Å². The van der Waals surface area contributed by atoms with Crippen LogP contribution in [0.1, 0.15) is 26.7 Å². The van der Waals surface area contributed by atoms with Crippen LogP contribution in [0.4, 0.5) is 11.4 Å². The number of non-ortho nitro benzene ring substituents is 1. The summed E-state index contributed by atoms with van der Waals surface area (Å²) in [5.74, 6) is 0.202. The Balaban J connectivity index is 2.57. The number of nitro benzene ring substituents is 1. The largest absolute Gasteiger partial charge is 0.494 e. The van der Waals surface area contributed by atoms with Crippen LogP contribution in [0.3, 0.4) is 0 Å². The van der Waals surface area contributed by atoms with Crippen molar-refractivity contribution in [3.05, 3.63) is 28.3 Å². The molecule has 1 aromatic carbocycles. The smallest absolute Gasteiger partial charge is 0.305 e. The van der Waals surface area contributed by atoms with Crippen molar-refractivity contribution < 1.29 is 19.2 Å². The van der Waals surface area contributed by atoms with Crippen molar-refractivity contribution in [3.8, 4) is 5.75 Å². The third kappa shape index (κ3) is 6.11. The van der Waals surface area contributed by atoms with Gasteiger partial charge in [0.05, 0.1) is 24.2 Å². The molecule has 1 aromatic rings. The van der Waals surface area contributed by atoms with Gasteiger partial charge in [0.15, 0.2) is 0 Å².